The van der Waals surface area contributed by atoms with Crippen LogP contribution in [0.1, 0.15) is 77.8 Å². The summed E-state index contributed by atoms with van der Waals surface area (Å²) in [6.45, 7) is 14.6. The molecule has 0 radical (unpaired) electrons. The fourth-order valence-corrected chi connectivity index (χ4v) is 6.44. The SMILES string of the molecule is Cc1c(-c2c(C)c3c(c(C)c2C(OC(C)(C)C)C(=O)O)CCN(Cc2ccccc2)C3)cc(F)c2c1CCCO2. The van der Waals surface area contributed by atoms with Gasteiger partial charge < -0.3 is 14.6 Å². The Morgan fingerprint density at radius 3 is 2.45 bits per heavy atom. The van der Waals surface area contributed by atoms with Crippen molar-refractivity contribution in [3.8, 4) is 16.9 Å². The summed E-state index contributed by atoms with van der Waals surface area (Å²) in [5.74, 6) is -1.11. The first-order chi connectivity index (χ1) is 19.0. The van der Waals surface area contributed by atoms with Gasteiger partial charge in [0.15, 0.2) is 17.7 Å². The average Bonchev–Trinajstić information content (AvgIpc) is 2.91. The molecule has 1 atom stereocenters. The van der Waals surface area contributed by atoms with Crippen molar-refractivity contribution in [2.24, 2.45) is 0 Å². The first kappa shape index (κ1) is 28.3. The zero-order chi connectivity index (χ0) is 28.8. The van der Waals surface area contributed by atoms with Gasteiger partial charge >= 0.3 is 5.97 Å². The smallest absolute Gasteiger partial charge is 0.337 e. The molecule has 0 aromatic heterocycles. The predicted molar refractivity (Wildman–Crippen MR) is 155 cm³/mol. The Balaban J connectivity index is 1.73. The van der Waals surface area contributed by atoms with Crippen molar-refractivity contribution in [2.45, 2.75) is 85.6 Å². The van der Waals surface area contributed by atoms with Crippen LogP contribution in [0.4, 0.5) is 4.39 Å². The van der Waals surface area contributed by atoms with E-state index in [1.165, 1.54) is 22.8 Å². The highest BCUT2D eigenvalue weighted by Crippen LogP contribution is 2.46. The maximum absolute atomic E-state index is 15.6. The molecule has 5 rings (SSSR count). The molecule has 1 unspecified atom stereocenters. The van der Waals surface area contributed by atoms with Crippen molar-refractivity contribution < 1.29 is 23.8 Å². The minimum atomic E-state index is -1.18. The number of hydrogen-bond acceptors (Lipinski definition) is 4. The molecule has 2 heterocycles. The maximum Gasteiger partial charge on any atom is 0.337 e. The summed E-state index contributed by atoms with van der Waals surface area (Å²) in [7, 11) is 0. The van der Waals surface area contributed by atoms with Crippen molar-refractivity contribution in [3.05, 3.63) is 86.7 Å². The number of carbonyl (C=O) groups is 1. The van der Waals surface area contributed by atoms with Crippen molar-refractivity contribution in [2.75, 3.05) is 13.2 Å². The molecule has 2 aliphatic rings. The van der Waals surface area contributed by atoms with Crippen LogP contribution in [0.3, 0.4) is 0 Å². The Hall–Kier alpha value is -3.22. The number of nitrogens with zero attached hydrogens (tertiary/aromatic N) is 1. The van der Waals surface area contributed by atoms with E-state index in [-0.39, 0.29) is 0 Å². The van der Waals surface area contributed by atoms with Gasteiger partial charge in [-0.2, -0.15) is 0 Å². The fourth-order valence-electron chi connectivity index (χ4n) is 6.44. The second-order valence-electron chi connectivity index (χ2n) is 12.2. The first-order valence-corrected chi connectivity index (χ1v) is 14.2. The molecule has 2 aliphatic heterocycles. The maximum atomic E-state index is 15.6. The second-order valence-corrected chi connectivity index (χ2v) is 12.2. The molecule has 5 nitrogen and oxygen atoms in total. The molecule has 40 heavy (non-hydrogen) atoms. The third-order valence-electron chi connectivity index (χ3n) is 8.29. The lowest BCUT2D eigenvalue weighted by Gasteiger charge is -2.36. The Morgan fingerprint density at radius 1 is 1.05 bits per heavy atom. The minimum absolute atomic E-state index is 0.330. The molecular weight excluding hydrogens is 505 g/mol. The average molecular weight is 546 g/mol. The quantitative estimate of drug-likeness (QED) is 0.354. The van der Waals surface area contributed by atoms with Gasteiger partial charge in [-0.05, 0) is 111 Å². The van der Waals surface area contributed by atoms with E-state index in [2.05, 4.69) is 36.1 Å². The first-order valence-electron chi connectivity index (χ1n) is 14.2. The number of rotatable bonds is 6. The molecule has 3 aromatic carbocycles. The molecule has 0 saturated carbocycles. The van der Waals surface area contributed by atoms with E-state index in [0.29, 0.717) is 17.9 Å². The summed E-state index contributed by atoms with van der Waals surface area (Å²) in [6.07, 6.45) is 1.19. The highest BCUT2D eigenvalue weighted by atomic mass is 19.1. The normalized spacial score (nSPS) is 16.2. The van der Waals surface area contributed by atoms with Gasteiger partial charge in [0.1, 0.15) is 0 Å². The molecule has 3 aromatic rings. The molecule has 0 spiro atoms. The summed E-state index contributed by atoms with van der Waals surface area (Å²) in [5.41, 5.74) is 8.83. The van der Waals surface area contributed by atoms with Gasteiger partial charge in [0.25, 0.3) is 0 Å². The molecule has 212 valence electrons. The van der Waals surface area contributed by atoms with Gasteiger partial charge in [-0.15, -0.1) is 0 Å². The molecule has 1 N–H and O–H groups in total. The summed E-state index contributed by atoms with van der Waals surface area (Å²) in [6, 6.07) is 12.0. The van der Waals surface area contributed by atoms with Crippen LogP contribution in [0.5, 0.6) is 5.75 Å². The molecule has 0 aliphatic carbocycles. The predicted octanol–water partition coefficient (Wildman–Crippen LogP) is 7.24. The van der Waals surface area contributed by atoms with E-state index in [4.69, 9.17) is 9.47 Å². The van der Waals surface area contributed by atoms with Crippen molar-refractivity contribution >= 4 is 5.97 Å². The van der Waals surface area contributed by atoms with Crippen LogP contribution in [-0.4, -0.2) is 34.7 Å². The Bertz CT molecular complexity index is 1440. The number of hydrogen-bond donors (Lipinski definition) is 1. The number of halogens is 1. The molecule has 0 bridgehead atoms. The molecule has 6 heteroatoms. The van der Waals surface area contributed by atoms with Gasteiger partial charge in [-0.1, -0.05) is 30.3 Å². The number of fused-ring (bicyclic) bond motifs is 2. The van der Waals surface area contributed by atoms with Crippen molar-refractivity contribution in [1.29, 1.82) is 0 Å². The van der Waals surface area contributed by atoms with Gasteiger partial charge in [-0.25, -0.2) is 9.18 Å². The lowest BCUT2D eigenvalue weighted by molar-refractivity contribution is -0.160. The third-order valence-corrected chi connectivity index (χ3v) is 8.29. The van der Waals surface area contributed by atoms with E-state index >= 15 is 4.39 Å². The van der Waals surface area contributed by atoms with Crippen LogP contribution in [0.25, 0.3) is 11.1 Å². The van der Waals surface area contributed by atoms with Crippen LogP contribution >= 0.6 is 0 Å². The molecule has 0 amide bonds. The zero-order valence-electron chi connectivity index (χ0n) is 24.5. The number of carboxylic acids is 1. The zero-order valence-corrected chi connectivity index (χ0v) is 24.5. The molecular formula is C34H40FNO4. The second kappa shape index (κ2) is 11.0. The monoisotopic (exact) mass is 545 g/mol. The van der Waals surface area contributed by atoms with Crippen LogP contribution in [-0.2, 0) is 35.5 Å². The third kappa shape index (κ3) is 5.39. The highest BCUT2D eigenvalue weighted by Gasteiger charge is 2.36. The topological polar surface area (TPSA) is 59.0 Å². The van der Waals surface area contributed by atoms with Crippen LogP contribution in [0.2, 0.25) is 0 Å². The van der Waals surface area contributed by atoms with Gasteiger partial charge in [0.05, 0.1) is 12.2 Å². The summed E-state index contributed by atoms with van der Waals surface area (Å²) in [4.78, 5) is 15.2. The van der Waals surface area contributed by atoms with Gasteiger partial charge in [-0.3, -0.25) is 4.90 Å². The number of benzene rings is 3. The van der Waals surface area contributed by atoms with Crippen LogP contribution < -0.4 is 4.74 Å². The summed E-state index contributed by atoms with van der Waals surface area (Å²) < 4.78 is 27.5. The largest absolute Gasteiger partial charge is 0.490 e. The summed E-state index contributed by atoms with van der Waals surface area (Å²) in [5, 5.41) is 10.5. The van der Waals surface area contributed by atoms with Gasteiger partial charge in [0, 0.05) is 30.8 Å². The Morgan fingerprint density at radius 2 is 1.77 bits per heavy atom. The Labute approximate surface area is 236 Å². The van der Waals surface area contributed by atoms with Crippen LogP contribution in [0.15, 0.2) is 36.4 Å². The standard InChI is InChI=1S/C34H40FNO4/c1-20-25-13-10-16-39-31(25)28(35)17-26(20)29-22(3)27-19-36(18-23-11-8-7-9-12-23)15-14-24(27)21(2)30(29)32(33(37)38)40-34(4,5)6/h7-9,11-12,17,32H,10,13-16,18-19H2,1-6H3,(H,37,38). The van der Waals surface area contributed by atoms with E-state index in [0.717, 1.165) is 72.3 Å². The number of carboxylic acid groups (broad SMARTS) is 1. The van der Waals surface area contributed by atoms with Crippen LogP contribution in [0, 0.1) is 26.6 Å². The van der Waals surface area contributed by atoms with E-state index in [1.54, 1.807) is 0 Å². The lowest BCUT2D eigenvalue weighted by atomic mass is 9.78. The van der Waals surface area contributed by atoms with E-state index < -0.39 is 23.5 Å². The highest BCUT2D eigenvalue weighted by molar-refractivity contribution is 5.85. The molecule has 0 saturated heterocycles. The Kier molecular flexibility index (Phi) is 7.77. The number of aliphatic carboxylic acids is 1. The number of ether oxygens (including phenoxy) is 2. The fraction of sp³-hybridized carbons (Fsp3) is 0.441. The van der Waals surface area contributed by atoms with E-state index in [9.17, 15) is 9.90 Å². The molecule has 0 fully saturated rings. The van der Waals surface area contributed by atoms with Crippen molar-refractivity contribution in [3.63, 3.8) is 0 Å². The lowest BCUT2D eigenvalue weighted by Crippen LogP contribution is -2.33. The van der Waals surface area contributed by atoms with Crippen molar-refractivity contribution in [1.82, 2.24) is 4.90 Å². The minimum Gasteiger partial charge on any atom is -0.490 e. The van der Waals surface area contributed by atoms with E-state index in [1.807, 2.05) is 40.7 Å². The summed E-state index contributed by atoms with van der Waals surface area (Å²) >= 11 is 0. The van der Waals surface area contributed by atoms with Gasteiger partial charge in [0.2, 0.25) is 0 Å².